The van der Waals surface area contributed by atoms with Crippen molar-refractivity contribution >= 4 is 16.9 Å². The molecule has 0 spiro atoms. The lowest BCUT2D eigenvalue weighted by Gasteiger charge is -2.11. The lowest BCUT2D eigenvalue weighted by Crippen LogP contribution is -2.12. The molecule has 3 aromatic rings. The Hall–Kier alpha value is -2.75. The number of aromatic carboxylic acids is 1. The normalized spacial score (nSPS) is 11.1. The summed E-state index contributed by atoms with van der Waals surface area (Å²) in [5.41, 5.74) is 2.85. The molecule has 0 unspecified atom stereocenters. The van der Waals surface area contributed by atoms with E-state index in [0.29, 0.717) is 5.75 Å². The second-order valence-electron chi connectivity index (χ2n) is 5.84. The molecule has 0 aliphatic heterocycles. The number of rotatable bonds is 4. The number of hydrogen-bond donors (Lipinski definition) is 1. The summed E-state index contributed by atoms with van der Waals surface area (Å²) >= 11 is 0. The predicted molar refractivity (Wildman–Crippen MR) is 90.7 cm³/mol. The summed E-state index contributed by atoms with van der Waals surface area (Å²) in [6.07, 6.45) is -0.108. The molecule has 0 saturated heterocycles. The minimum absolute atomic E-state index is 0.108. The summed E-state index contributed by atoms with van der Waals surface area (Å²) in [5, 5.41) is 10.6. The summed E-state index contributed by atoms with van der Waals surface area (Å²) in [6.45, 7) is 5.78. The topological polar surface area (TPSA) is 51.5 Å². The summed E-state index contributed by atoms with van der Waals surface area (Å²) in [4.78, 5) is 12.0. The van der Waals surface area contributed by atoms with E-state index in [4.69, 9.17) is 4.74 Å². The van der Waals surface area contributed by atoms with Gasteiger partial charge in [-0.3, -0.25) is 0 Å². The molecule has 3 rings (SSSR count). The molecule has 0 aliphatic carbocycles. The zero-order valence-electron chi connectivity index (χ0n) is 13.4. The maximum absolute atomic E-state index is 12.0. The zero-order chi connectivity index (χ0) is 16.6. The molecule has 1 heterocycles. The van der Waals surface area contributed by atoms with Crippen molar-refractivity contribution in [2.24, 2.45) is 0 Å². The molecule has 1 N–H and O–H groups in total. The van der Waals surface area contributed by atoms with Gasteiger partial charge in [-0.15, -0.1) is 0 Å². The van der Waals surface area contributed by atoms with Crippen LogP contribution in [0.2, 0.25) is 0 Å². The maximum atomic E-state index is 12.0. The van der Waals surface area contributed by atoms with Crippen LogP contribution in [0, 0.1) is 6.92 Å². The van der Waals surface area contributed by atoms with Crippen molar-refractivity contribution in [2.75, 3.05) is 0 Å². The first kappa shape index (κ1) is 15.2. The Morgan fingerprint density at radius 1 is 1.13 bits per heavy atom. The van der Waals surface area contributed by atoms with E-state index >= 15 is 0 Å². The molecular weight excluding hydrogens is 290 g/mol. The highest BCUT2D eigenvalue weighted by Crippen LogP contribution is 2.37. The van der Waals surface area contributed by atoms with Crippen LogP contribution in [0.4, 0.5) is 0 Å². The molecule has 0 radical (unpaired) electrons. The van der Waals surface area contributed by atoms with Crippen LogP contribution in [0.3, 0.4) is 0 Å². The fourth-order valence-electron chi connectivity index (χ4n) is 2.77. The number of aryl methyl sites for hydroxylation is 1. The van der Waals surface area contributed by atoms with Crippen molar-refractivity contribution in [2.45, 2.75) is 26.9 Å². The Labute approximate surface area is 134 Å². The molecule has 1 aromatic heterocycles. The first-order chi connectivity index (χ1) is 11.0. The van der Waals surface area contributed by atoms with E-state index in [0.717, 1.165) is 22.2 Å². The van der Waals surface area contributed by atoms with E-state index in [9.17, 15) is 9.90 Å². The van der Waals surface area contributed by atoms with Gasteiger partial charge in [-0.05, 0) is 45.0 Å². The van der Waals surface area contributed by atoms with Crippen molar-refractivity contribution < 1.29 is 14.6 Å². The van der Waals surface area contributed by atoms with E-state index in [1.165, 1.54) is 0 Å². The first-order valence-corrected chi connectivity index (χ1v) is 7.59. The number of carboxylic acid groups (broad SMARTS) is 1. The summed E-state index contributed by atoms with van der Waals surface area (Å²) in [7, 11) is 0. The van der Waals surface area contributed by atoms with E-state index in [-0.39, 0.29) is 11.8 Å². The molecule has 0 atom stereocenters. The average Bonchev–Trinajstić information content (AvgIpc) is 2.81. The summed E-state index contributed by atoms with van der Waals surface area (Å²) < 4.78 is 7.62. The molecule has 4 heteroatoms. The Bertz CT molecular complexity index is 863. The van der Waals surface area contributed by atoms with Gasteiger partial charge in [0.1, 0.15) is 0 Å². The quantitative estimate of drug-likeness (QED) is 0.776. The van der Waals surface area contributed by atoms with E-state index in [1.807, 2.05) is 69.3 Å². The smallest absolute Gasteiger partial charge is 0.356 e. The van der Waals surface area contributed by atoms with Gasteiger partial charge in [0.2, 0.25) is 0 Å². The van der Waals surface area contributed by atoms with Crippen molar-refractivity contribution in [3.63, 3.8) is 0 Å². The highest BCUT2D eigenvalue weighted by atomic mass is 16.5. The molecule has 23 heavy (non-hydrogen) atoms. The minimum Gasteiger partial charge on any atom is -0.488 e. The van der Waals surface area contributed by atoms with Crippen molar-refractivity contribution in [3.05, 3.63) is 59.8 Å². The van der Waals surface area contributed by atoms with E-state index < -0.39 is 5.97 Å². The number of hydrogen-bond acceptors (Lipinski definition) is 2. The minimum atomic E-state index is -1.00. The van der Waals surface area contributed by atoms with Crippen molar-refractivity contribution in [3.8, 4) is 11.4 Å². The van der Waals surface area contributed by atoms with Gasteiger partial charge in [-0.1, -0.05) is 29.8 Å². The van der Waals surface area contributed by atoms with Gasteiger partial charge in [-0.25, -0.2) is 4.79 Å². The predicted octanol–water partition coefficient (Wildman–Crippen LogP) is 4.42. The SMILES string of the molecule is Cc1ccc2c(c1)c(OC(C)C)c(C(=O)O)n2-c1ccccc1. The Balaban J connectivity index is 2.42. The second kappa shape index (κ2) is 5.80. The molecule has 0 fully saturated rings. The van der Waals surface area contributed by atoms with Gasteiger partial charge in [0, 0.05) is 11.1 Å². The molecular formula is C19H19NO3. The number of ether oxygens (including phenoxy) is 1. The standard InChI is InChI=1S/C19H19NO3/c1-12(2)23-18-15-11-13(3)9-10-16(15)20(17(18)19(21)22)14-7-5-4-6-8-14/h4-12H,1-3H3,(H,21,22). The molecule has 118 valence electrons. The number of benzene rings is 2. The number of carbonyl (C=O) groups is 1. The van der Waals surface area contributed by atoms with Gasteiger partial charge in [-0.2, -0.15) is 0 Å². The van der Waals surface area contributed by atoms with Gasteiger partial charge in [0.05, 0.1) is 11.6 Å². The zero-order valence-corrected chi connectivity index (χ0v) is 13.4. The Morgan fingerprint density at radius 2 is 1.83 bits per heavy atom. The van der Waals surface area contributed by atoms with Crippen LogP contribution in [-0.4, -0.2) is 21.7 Å². The van der Waals surface area contributed by atoms with E-state index in [1.54, 1.807) is 4.57 Å². The van der Waals surface area contributed by atoms with Crippen LogP contribution < -0.4 is 4.74 Å². The third kappa shape index (κ3) is 2.68. The number of fused-ring (bicyclic) bond motifs is 1. The third-order valence-electron chi connectivity index (χ3n) is 3.65. The summed E-state index contributed by atoms with van der Waals surface area (Å²) in [5.74, 6) is -0.576. The number of aromatic nitrogens is 1. The van der Waals surface area contributed by atoms with Gasteiger partial charge >= 0.3 is 5.97 Å². The molecule has 4 nitrogen and oxygen atoms in total. The fourth-order valence-corrected chi connectivity index (χ4v) is 2.77. The van der Waals surface area contributed by atoms with Crippen LogP contribution >= 0.6 is 0 Å². The van der Waals surface area contributed by atoms with Crippen LogP contribution in [0.1, 0.15) is 29.9 Å². The molecule has 2 aromatic carbocycles. The number of para-hydroxylation sites is 1. The van der Waals surface area contributed by atoms with E-state index in [2.05, 4.69) is 0 Å². The van der Waals surface area contributed by atoms with Crippen molar-refractivity contribution in [1.29, 1.82) is 0 Å². The summed E-state index contributed by atoms with van der Waals surface area (Å²) in [6, 6.07) is 15.4. The van der Waals surface area contributed by atoms with Crippen LogP contribution in [0.5, 0.6) is 5.75 Å². The second-order valence-corrected chi connectivity index (χ2v) is 5.84. The molecule has 0 bridgehead atoms. The largest absolute Gasteiger partial charge is 0.488 e. The Morgan fingerprint density at radius 3 is 2.43 bits per heavy atom. The maximum Gasteiger partial charge on any atom is 0.356 e. The number of nitrogens with zero attached hydrogens (tertiary/aromatic N) is 1. The highest BCUT2D eigenvalue weighted by molar-refractivity contribution is 6.02. The van der Waals surface area contributed by atoms with Crippen LogP contribution in [0.25, 0.3) is 16.6 Å². The van der Waals surface area contributed by atoms with Crippen LogP contribution in [-0.2, 0) is 0 Å². The van der Waals surface area contributed by atoms with Gasteiger partial charge < -0.3 is 14.4 Å². The first-order valence-electron chi connectivity index (χ1n) is 7.59. The highest BCUT2D eigenvalue weighted by Gasteiger charge is 2.25. The lowest BCUT2D eigenvalue weighted by atomic mass is 10.1. The van der Waals surface area contributed by atoms with Crippen LogP contribution in [0.15, 0.2) is 48.5 Å². The van der Waals surface area contributed by atoms with Crippen molar-refractivity contribution in [1.82, 2.24) is 4.57 Å². The Kier molecular flexibility index (Phi) is 3.82. The lowest BCUT2D eigenvalue weighted by molar-refractivity contribution is 0.0682. The monoisotopic (exact) mass is 309 g/mol. The average molecular weight is 309 g/mol. The number of carboxylic acids is 1. The fraction of sp³-hybridized carbons (Fsp3) is 0.211. The molecule has 0 saturated carbocycles. The molecule has 0 aliphatic rings. The third-order valence-corrected chi connectivity index (χ3v) is 3.65. The molecule has 0 amide bonds. The van der Waals surface area contributed by atoms with Gasteiger partial charge in [0.15, 0.2) is 11.4 Å². The van der Waals surface area contributed by atoms with Gasteiger partial charge in [0.25, 0.3) is 0 Å².